The van der Waals surface area contributed by atoms with Gasteiger partial charge in [-0.25, -0.2) is 4.98 Å². The molecule has 1 aromatic rings. The largest absolute Gasteiger partial charge is 0.337 e. The van der Waals surface area contributed by atoms with Crippen molar-refractivity contribution in [1.29, 1.82) is 0 Å². The molecule has 1 rings (SSSR count). The fraction of sp³-hybridized carbons (Fsp3) is 0.769. The Morgan fingerprint density at radius 1 is 1.31 bits per heavy atom. The molecule has 0 saturated heterocycles. The zero-order valence-electron chi connectivity index (χ0n) is 11.0. The van der Waals surface area contributed by atoms with Crippen LogP contribution in [-0.4, -0.2) is 15.6 Å². The molecule has 3 nitrogen and oxygen atoms in total. The molecule has 1 unspecified atom stereocenters. The molecule has 0 aliphatic rings. The minimum absolute atomic E-state index is 0.591. The molecular weight excluding hydrogens is 198 g/mol. The molecule has 0 fully saturated rings. The number of rotatable bonds is 7. The Hall–Kier alpha value is -0.830. The monoisotopic (exact) mass is 223 g/mol. The lowest BCUT2D eigenvalue weighted by Gasteiger charge is -2.14. The van der Waals surface area contributed by atoms with Crippen LogP contribution in [0.1, 0.15) is 45.7 Å². The van der Waals surface area contributed by atoms with Crippen molar-refractivity contribution in [3.63, 3.8) is 0 Å². The van der Waals surface area contributed by atoms with Crippen LogP contribution >= 0.6 is 0 Å². The second-order valence-electron chi connectivity index (χ2n) is 5.10. The highest BCUT2D eigenvalue weighted by atomic mass is 15.0. The molecule has 1 atom stereocenters. The summed E-state index contributed by atoms with van der Waals surface area (Å²) in [4.78, 5) is 4.11. The number of hydrogen-bond acceptors (Lipinski definition) is 2. The van der Waals surface area contributed by atoms with Gasteiger partial charge in [0.25, 0.3) is 0 Å². The van der Waals surface area contributed by atoms with Crippen molar-refractivity contribution < 1.29 is 0 Å². The van der Waals surface area contributed by atoms with E-state index in [1.165, 1.54) is 25.0 Å². The number of aryl methyl sites for hydroxylation is 1. The first kappa shape index (κ1) is 13.2. The molecule has 16 heavy (non-hydrogen) atoms. The normalized spacial score (nSPS) is 13.3. The predicted molar refractivity (Wildman–Crippen MR) is 68.2 cm³/mol. The van der Waals surface area contributed by atoms with Gasteiger partial charge >= 0.3 is 0 Å². The van der Waals surface area contributed by atoms with E-state index in [-0.39, 0.29) is 0 Å². The molecule has 0 radical (unpaired) electrons. The summed E-state index contributed by atoms with van der Waals surface area (Å²) in [6, 6.07) is 0.591. The summed E-state index contributed by atoms with van der Waals surface area (Å²) in [7, 11) is 2.04. The molecule has 0 aliphatic carbocycles. The van der Waals surface area contributed by atoms with E-state index < -0.39 is 0 Å². The van der Waals surface area contributed by atoms with E-state index in [1.807, 2.05) is 19.6 Å². The van der Waals surface area contributed by atoms with Gasteiger partial charge in [-0.1, -0.05) is 26.7 Å². The van der Waals surface area contributed by atoms with Crippen LogP contribution in [-0.2, 0) is 13.6 Å². The first-order valence-electron chi connectivity index (χ1n) is 6.28. The summed E-state index contributed by atoms with van der Waals surface area (Å²) < 4.78 is 2.06. The van der Waals surface area contributed by atoms with E-state index in [0.29, 0.717) is 6.04 Å². The van der Waals surface area contributed by atoms with Crippen molar-refractivity contribution in [2.24, 2.45) is 13.0 Å². The highest BCUT2D eigenvalue weighted by Crippen LogP contribution is 2.08. The Balaban J connectivity index is 2.15. The summed E-state index contributed by atoms with van der Waals surface area (Å²) >= 11 is 0. The summed E-state index contributed by atoms with van der Waals surface area (Å²) in [5, 5.41) is 3.54. The smallest absolute Gasteiger partial charge is 0.0945 e. The van der Waals surface area contributed by atoms with Crippen LogP contribution in [0.3, 0.4) is 0 Å². The first-order valence-corrected chi connectivity index (χ1v) is 6.28. The number of imidazole rings is 1. The predicted octanol–water partition coefficient (Wildman–Crippen LogP) is 2.72. The lowest BCUT2D eigenvalue weighted by atomic mass is 10.0. The third kappa shape index (κ3) is 4.79. The molecule has 1 heterocycles. The molecule has 0 aliphatic heterocycles. The number of nitrogens with zero attached hydrogens (tertiary/aromatic N) is 2. The Morgan fingerprint density at radius 3 is 2.62 bits per heavy atom. The second-order valence-corrected chi connectivity index (χ2v) is 5.10. The average molecular weight is 223 g/mol. The number of aromatic nitrogens is 2. The maximum atomic E-state index is 4.11. The van der Waals surface area contributed by atoms with E-state index in [0.717, 1.165) is 12.5 Å². The third-order valence-electron chi connectivity index (χ3n) is 2.97. The Kier molecular flexibility index (Phi) is 5.53. The number of hydrogen-bond donors (Lipinski definition) is 1. The third-order valence-corrected chi connectivity index (χ3v) is 2.97. The summed E-state index contributed by atoms with van der Waals surface area (Å²) in [6.07, 6.45) is 7.68. The van der Waals surface area contributed by atoms with Crippen molar-refractivity contribution in [1.82, 2.24) is 14.9 Å². The Bertz CT molecular complexity index is 291. The van der Waals surface area contributed by atoms with E-state index in [1.54, 1.807) is 0 Å². The first-order chi connectivity index (χ1) is 7.59. The van der Waals surface area contributed by atoms with E-state index in [4.69, 9.17) is 0 Å². The standard InChI is InChI=1S/C13H25N3/c1-11(2)6-5-7-12(3)15-9-13-8-14-10-16(13)4/h8,10-12,15H,5-7,9H2,1-4H3. The summed E-state index contributed by atoms with van der Waals surface area (Å²) in [6.45, 7) is 7.75. The molecule has 0 saturated carbocycles. The van der Waals surface area contributed by atoms with Gasteiger partial charge in [-0.15, -0.1) is 0 Å². The van der Waals surface area contributed by atoms with Crippen molar-refractivity contribution in [2.45, 2.75) is 52.6 Å². The van der Waals surface area contributed by atoms with Gasteiger partial charge in [-0.2, -0.15) is 0 Å². The molecule has 3 heteroatoms. The molecule has 1 aromatic heterocycles. The van der Waals surface area contributed by atoms with Crippen LogP contribution in [0, 0.1) is 5.92 Å². The quantitative estimate of drug-likeness (QED) is 0.770. The molecule has 0 aromatic carbocycles. The minimum atomic E-state index is 0.591. The van der Waals surface area contributed by atoms with Crippen molar-refractivity contribution >= 4 is 0 Å². The average Bonchev–Trinajstić information content (AvgIpc) is 2.60. The van der Waals surface area contributed by atoms with Gasteiger partial charge in [0, 0.05) is 25.8 Å². The van der Waals surface area contributed by atoms with Crippen LogP contribution in [0.25, 0.3) is 0 Å². The molecule has 92 valence electrons. The summed E-state index contributed by atoms with van der Waals surface area (Å²) in [5.41, 5.74) is 1.25. The molecule has 1 N–H and O–H groups in total. The number of nitrogens with one attached hydrogen (secondary N) is 1. The van der Waals surface area contributed by atoms with Crippen LogP contribution in [0.5, 0.6) is 0 Å². The molecular formula is C13H25N3. The van der Waals surface area contributed by atoms with Gasteiger partial charge in [-0.3, -0.25) is 0 Å². The van der Waals surface area contributed by atoms with Gasteiger partial charge in [0.05, 0.1) is 12.0 Å². The topological polar surface area (TPSA) is 29.9 Å². The maximum absolute atomic E-state index is 4.11. The second kappa shape index (κ2) is 6.69. The van der Waals surface area contributed by atoms with Crippen molar-refractivity contribution in [3.05, 3.63) is 18.2 Å². The molecule has 0 bridgehead atoms. The highest BCUT2D eigenvalue weighted by molar-refractivity contribution is 4.96. The molecule has 0 amide bonds. The van der Waals surface area contributed by atoms with Crippen molar-refractivity contribution in [3.8, 4) is 0 Å². The lowest BCUT2D eigenvalue weighted by molar-refractivity contribution is 0.453. The van der Waals surface area contributed by atoms with E-state index in [2.05, 4.69) is 35.6 Å². The zero-order chi connectivity index (χ0) is 12.0. The zero-order valence-corrected chi connectivity index (χ0v) is 11.0. The Labute approximate surface area is 99.3 Å². The maximum Gasteiger partial charge on any atom is 0.0945 e. The van der Waals surface area contributed by atoms with Crippen LogP contribution in [0.2, 0.25) is 0 Å². The van der Waals surface area contributed by atoms with Crippen molar-refractivity contribution in [2.75, 3.05) is 0 Å². The van der Waals surface area contributed by atoms with Gasteiger partial charge in [0.2, 0.25) is 0 Å². The summed E-state index contributed by atoms with van der Waals surface area (Å²) in [5.74, 6) is 0.823. The van der Waals surface area contributed by atoms with Crippen LogP contribution < -0.4 is 5.32 Å². The Morgan fingerprint density at radius 2 is 2.06 bits per heavy atom. The molecule has 0 spiro atoms. The lowest BCUT2D eigenvalue weighted by Crippen LogP contribution is -2.26. The SMILES string of the molecule is CC(C)CCCC(C)NCc1cncn1C. The minimum Gasteiger partial charge on any atom is -0.337 e. The van der Waals surface area contributed by atoms with Gasteiger partial charge in [0.1, 0.15) is 0 Å². The highest BCUT2D eigenvalue weighted by Gasteiger charge is 2.04. The fourth-order valence-electron chi connectivity index (χ4n) is 1.77. The van der Waals surface area contributed by atoms with Gasteiger partial charge in [-0.05, 0) is 19.3 Å². The van der Waals surface area contributed by atoms with Crippen LogP contribution in [0.15, 0.2) is 12.5 Å². The van der Waals surface area contributed by atoms with E-state index >= 15 is 0 Å². The fourth-order valence-corrected chi connectivity index (χ4v) is 1.77. The van der Waals surface area contributed by atoms with Gasteiger partial charge < -0.3 is 9.88 Å². The van der Waals surface area contributed by atoms with Gasteiger partial charge in [0.15, 0.2) is 0 Å². The van der Waals surface area contributed by atoms with Crippen LogP contribution in [0.4, 0.5) is 0 Å². The van der Waals surface area contributed by atoms with E-state index in [9.17, 15) is 0 Å².